The minimum Gasteiger partial charge on any atom is -0.302 e. The van der Waals surface area contributed by atoms with E-state index >= 15 is 0 Å². The predicted molar refractivity (Wildman–Crippen MR) is 75.9 cm³/mol. The van der Waals surface area contributed by atoms with Crippen LogP contribution in [0.3, 0.4) is 0 Å². The summed E-state index contributed by atoms with van der Waals surface area (Å²) in [5.74, 6) is 0. The predicted octanol–water partition coefficient (Wildman–Crippen LogP) is 3.97. The van der Waals surface area contributed by atoms with Crippen LogP contribution in [0.25, 0.3) is 0 Å². The molecule has 1 aliphatic rings. The van der Waals surface area contributed by atoms with E-state index in [2.05, 4.69) is 27.8 Å². The Labute approximate surface area is 116 Å². The molecule has 2 aromatic rings. The monoisotopic (exact) mass is 278 g/mol. The Morgan fingerprint density at radius 3 is 2.89 bits per heavy atom. The first-order chi connectivity index (χ1) is 8.78. The highest BCUT2D eigenvalue weighted by Gasteiger charge is 2.38. The van der Waals surface area contributed by atoms with Crippen molar-refractivity contribution in [3.05, 3.63) is 51.4 Å². The lowest BCUT2D eigenvalue weighted by molar-refractivity contribution is 0.183. The van der Waals surface area contributed by atoms with E-state index in [4.69, 9.17) is 11.6 Å². The minimum absolute atomic E-state index is 0.106. The van der Waals surface area contributed by atoms with Gasteiger partial charge in [0.2, 0.25) is 0 Å². The normalized spacial score (nSPS) is 17.4. The standard InChI is InChI=1S/C14H15ClN2S/c15-12-4-1-3-11(7-12)14(5-2-6-14)17-8-13-9-18-10-16-13/h1,3-4,7,9-10,17H,2,5-6,8H2. The molecule has 0 saturated heterocycles. The van der Waals surface area contributed by atoms with Gasteiger partial charge in [-0.05, 0) is 37.0 Å². The van der Waals surface area contributed by atoms with Crippen LogP contribution in [-0.2, 0) is 12.1 Å². The lowest BCUT2D eigenvalue weighted by Gasteiger charge is -2.43. The van der Waals surface area contributed by atoms with Gasteiger partial charge in [0.1, 0.15) is 0 Å². The molecule has 1 heterocycles. The third-order valence-corrected chi connectivity index (χ3v) is 4.55. The van der Waals surface area contributed by atoms with E-state index in [1.54, 1.807) is 11.3 Å². The van der Waals surface area contributed by atoms with Gasteiger partial charge < -0.3 is 5.32 Å². The van der Waals surface area contributed by atoms with Crippen molar-refractivity contribution in [1.82, 2.24) is 10.3 Å². The molecule has 0 aliphatic heterocycles. The number of rotatable bonds is 4. The first-order valence-corrected chi connectivity index (χ1v) is 7.49. The molecule has 4 heteroatoms. The summed E-state index contributed by atoms with van der Waals surface area (Å²) in [6, 6.07) is 8.20. The van der Waals surface area contributed by atoms with E-state index in [0.29, 0.717) is 0 Å². The van der Waals surface area contributed by atoms with Crippen molar-refractivity contribution in [2.75, 3.05) is 0 Å². The van der Waals surface area contributed by atoms with Gasteiger partial charge in [-0.25, -0.2) is 4.98 Å². The van der Waals surface area contributed by atoms with E-state index < -0.39 is 0 Å². The van der Waals surface area contributed by atoms with Crippen molar-refractivity contribution in [2.24, 2.45) is 0 Å². The lowest BCUT2D eigenvalue weighted by atomic mass is 9.72. The lowest BCUT2D eigenvalue weighted by Crippen LogP contribution is -2.47. The number of hydrogen-bond acceptors (Lipinski definition) is 3. The van der Waals surface area contributed by atoms with E-state index in [-0.39, 0.29) is 5.54 Å². The third kappa shape index (κ3) is 2.30. The molecule has 18 heavy (non-hydrogen) atoms. The topological polar surface area (TPSA) is 24.9 Å². The van der Waals surface area contributed by atoms with Crippen LogP contribution < -0.4 is 5.32 Å². The molecule has 1 aromatic heterocycles. The van der Waals surface area contributed by atoms with Gasteiger partial charge in [0.25, 0.3) is 0 Å². The molecule has 0 atom stereocenters. The quantitative estimate of drug-likeness (QED) is 0.915. The summed E-state index contributed by atoms with van der Waals surface area (Å²) >= 11 is 7.74. The van der Waals surface area contributed by atoms with Gasteiger partial charge in [0, 0.05) is 22.5 Å². The molecule has 0 radical (unpaired) electrons. The second-order valence-corrected chi connectivity index (χ2v) is 5.93. The van der Waals surface area contributed by atoms with Gasteiger partial charge in [-0.3, -0.25) is 0 Å². The fourth-order valence-corrected chi connectivity index (χ4v) is 3.22. The van der Waals surface area contributed by atoms with E-state index in [1.807, 2.05) is 17.6 Å². The Hall–Kier alpha value is -0.900. The molecule has 1 aliphatic carbocycles. The van der Waals surface area contributed by atoms with Crippen molar-refractivity contribution < 1.29 is 0 Å². The van der Waals surface area contributed by atoms with Crippen LogP contribution in [0.2, 0.25) is 5.02 Å². The summed E-state index contributed by atoms with van der Waals surface area (Å²) < 4.78 is 0. The van der Waals surface area contributed by atoms with Crippen molar-refractivity contribution in [1.29, 1.82) is 0 Å². The van der Waals surface area contributed by atoms with Gasteiger partial charge in [-0.2, -0.15) is 0 Å². The maximum Gasteiger partial charge on any atom is 0.0795 e. The van der Waals surface area contributed by atoms with Crippen molar-refractivity contribution in [3.8, 4) is 0 Å². The van der Waals surface area contributed by atoms with E-state index in [9.17, 15) is 0 Å². The largest absolute Gasteiger partial charge is 0.302 e. The van der Waals surface area contributed by atoms with Crippen LogP contribution in [0.5, 0.6) is 0 Å². The number of nitrogens with one attached hydrogen (secondary N) is 1. The Morgan fingerprint density at radius 2 is 2.28 bits per heavy atom. The molecule has 1 aromatic carbocycles. The Bertz CT molecular complexity index is 520. The highest BCUT2D eigenvalue weighted by atomic mass is 35.5. The van der Waals surface area contributed by atoms with Gasteiger partial charge >= 0.3 is 0 Å². The minimum atomic E-state index is 0.106. The average molecular weight is 279 g/mol. The maximum absolute atomic E-state index is 6.09. The van der Waals surface area contributed by atoms with Crippen LogP contribution >= 0.6 is 22.9 Å². The van der Waals surface area contributed by atoms with Crippen LogP contribution in [0.1, 0.15) is 30.5 Å². The fraction of sp³-hybridized carbons (Fsp3) is 0.357. The molecule has 0 spiro atoms. The zero-order chi connectivity index (χ0) is 12.4. The molecule has 1 saturated carbocycles. The average Bonchev–Trinajstić information content (AvgIpc) is 2.81. The second kappa shape index (κ2) is 5.00. The summed E-state index contributed by atoms with van der Waals surface area (Å²) in [7, 11) is 0. The molecule has 0 unspecified atom stereocenters. The maximum atomic E-state index is 6.09. The molecule has 1 fully saturated rings. The Balaban J connectivity index is 1.78. The molecular formula is C14H15ClN2S. The van der Waals surface area contributed by atoms with Gasteiger partial charge in [-0.1, -0.05) is 23.7 Å². The first kappa shape index (κ1) is 12.2. The number of halogens is 1. The van der Waals surface area contributed by atoms with Gasteiger partial charge in [-0.15, -0.1) is 11.3 Å². The molecule has 2 nitrogen and oxygen atoms in total. The number of benzene rings is 1. The molecule has 0 bridgehead atoms. The number of aromatic nitrogens is 1. The van der Waals surface area contributed by atoms with Crippen molar-refractivity contribution in [3.63, 3.8) is 0 Å². The van der Waals surface area contributed by atoms with Gasteiger partial charge in [0.15, 0.2) is 0 Å². The Kier molecular flexibility index (Phi) is 3.37. The number of thiazole rings is 1. The van der Waals surface area contributed by atoms with Crippen LogP contribution in [0, 0.1) is 0 Å². The van der Waals surface area contributed by atoms with Crippen LogP contribution in [-0.4, -0.2) is 4.98 Å². The molecule has 3 rings (SSSR count). The Morgan fingerprint density at radius 1 is 1.39 bits per heavy atom. The fourth-order valence-electron chi connectivity index (χ4n) is 2.47. The summed E-state index contributed by atoms with van der Waals surface area (Å²) in [5, 5.41) is 6.57. The first-order valence-electron chi connectivity index (χ1n) is 6.17. The summed E-state index contributed by atoms with van der Waals surface area (Å²) in [6.45, 7) is 0.829. The third-order valence-electron chi connectivity index (χ3n) is 3.68. The van der Waals surface area contributed by atoms with Crippen LogP contribution in [0.4, 0.5) is 0 Å². The summed E-state index contributed by atoms with van der Waals surface area (Å²) in [5.41, 5.74) is 4.41. The van der Waals surface area contributed by atoms with E-state index in [1.165, 1.54) is 24.8 Å². The van der Waals surface area contributed by atoms with Crippen molar-refractivity contribution >= 4 is 22.9 Å². The molecule has 1 N–H and O–H groups in total. The smallest absolute Gasteiger partial charge is 0.0795 e. The zero-order valence-corrected chi connectivity index (χ0v) is 11.6. The summed E-state index contributed by atoms with van der Waals surface area (Å²) in [4.78, 5) is 4.32. The molecular weight excluding hydrogens is 264 g/mol. The summed E-state index contributed by atoms with van der Waals surface area (Å²) in [6.07, 6.45) is 3.63. The van der Waals surface area contributed by atoms with Crippen LogP contribution in [0.15, 0.2) is 35.2 Å². The zero-order valence-electron chi connectivity index (χ0n) is 10.0. The highest BCUT2D eigenvalue weighted by molar-refractivity contribution is 7.07. The van der Waals surface area contributed by atoms with E-state index in [0.717, 1.165) is 17.3 Å². The molecule has 0 amide bonds. The highest BCUT2D eigenvalue weighted by Crippen LogP contribution is 2.42. The SMILES string of the molecule is Clc1cccc(C2(NCc3cscn3)CCC2)c1. The number of hydrogen-bond donors (Lipinski definition) is 1. The number of nitrogens with zero attached hydrogens (tertiary/aromatic N) is 1. The van der Waals surface area contributed by atoms with Gasteiger partial charge in [0.05, 0.1) is 11.2 Å². The molecule has 94 valence electrons. The van der Waals surface area contributed by atoms with Crippen molar-refractivity contribution in [2.45, 2.75) is 31.3 Å². The second-order valence-electron chi connectivity index (χ2n) is 4.78.